The molecule has 1 saturated heterocycles. The van der Waals surface area contributed by atoms with Crippen molar-refractivity contribution in [2.24, 2.45) is 0 Å². The van der Waals surface area contributed by atoms with Crippen molar-refractivity contribution in [3.63, 3.8) is 0 Å². The molecule has 4 nitrogen and oxygen atoms in total. The molecule has 5 rings (SSSR count). The van der Waals surface area contributed by atoms with Crippen molar-refractivity contribution in [2.75, 3.05) is 6.61 Å². The topological polar surface area (TPSA) is 57.5 Å². The van der Waals surface area contributed by atoms with E-state index >= 15 is 0 Å². The van der Waals surface area contributed by atoms with E-state index in [2.05, 4.69) is 32.1 Å². The molecule has 4 aromatic carbocycles. The van der Waals surface area contributed by atoms with Gasteiger partial charge in [0.25, 0.3) is 0 Å². The number of halogens is 2. The molecule has 31 heavy (non-hydrogen) atoms. The molecule has 0 spiro atoms. The van der Waals surface area contributed by atoms with Crippen LogP contribution in [0.25, 0.3) is 21.5 Å². The number of benzene rings is 4. The van der Waals surface area contributed by atoms with Gasteiger partial charge in [0, 0.05) is 0 Å². The van der Waals surface area contributed by atoms with Gasteiger partial charge >= 0.3 is 198 Å². The summed E-state index contributed by atoms with van der Waals surface area (Å²) in [6, 6.07) is 28.6. The third kappa shape index (κ3) is 5.54. The fraction of sp³-hybridized carbons (Fsp3) is 0.160. The Hall–Kier alpha value is -1.75. The number of hydrogen-bond donors (Lipinski definition) is 1. The number of nitrogens with one attached hydrogen (secondary N) is 1. The summed E-state index contributed by atoms with van der Waals surface area (Å²) in [4.78, 5) is 13.0. The van der Waals surface area contributed by atoms with E-state index in [-0.39, 0.29) is 29.6 Å². The number of ether oxygens (including phenoxy) is 1. The molecule has 0 bridgehead atoms. The minimum atomic E-state index is -1.16. The van der Waals surface area contributed by atoms with E-state index in [0.717, 1.165) is 10.8 Å². The van der Waals surface area contributed by atoms with Crippen molar-refractivity contribution in [3.05, 3.63) is 96.1 Å². The van der Waals surface area contributed by atoms with Gasteiger partial charge in [-0.15, -0.1) is 0 Å². The van der Waals surface area contributed by atoms with Gasteiger partial charge in [-0.25, -0.2) is 0 Å². The monoisotopic (exact) mass is 638 g/mol. The molecule has 1 N–H and O–H groups in total. The van der Waals surface area contributed by atoms with E-state index in [0.29, 0.717) is 25.0 Å². The Morgan fingerprint density at radius 3 is 2.23 bits per heavy atom. The van der Waals surface area contributed by atoms with Crippen LogP contribution in [0.3, 0.4) is 0 Å². The quantitative estimate of drug-likeness (QED) is 0.140. The van der Waals surface area contributed by atoms with Crippen LogP contribution < -0.4 is 19.2 Å². The van der Waals surface area contributed by atoms with Gasteiger partial charge in [0.05, 0.1) is 0 Å². The summed E-state index contributed by atoms with van der Waals surface area (Å²) in [6.45, 7) is 0.654. The molecule has 4 aromatic rings. The number of fused-ring (bicyclic) bond motifs is 2. The molecule has 0 amide bonds. The van der Waals surface area contributed by atoms with E-state index in [1.165, 1.54) is 16.3 Å². The Balaban J connectivity index is 1.32. The fourth-order valence-electron chi connectivity index (χ4n) is 3.66. The molecule has 160 valence electrons. The second-order valence-corrected chi connectivity index (χ2v) is 20.5. The van der Waals surface area contributed by atoms with Crippen molar-refractivity contribution < 1.29 is 30.1 Å². The standard InChI is InChI=1S/C25H22I2NO3/c29-25(23-12-11-20-6-2-4-8-22(20)17-23)31-24(13-14-30-27-26-28-27)16-18-9-10-19-5-1-3-7-21(19)15-18/h1-12,15,17,24,28H,13-14,16H2/q-1. The Labute approximate surface area is 196 Å². The van der Waals surface area contributed by atoms with Crippen molar-refractivity contribution >= 4 is 44.0 Å². The van der Waals surface area contributed by atoms with Crippen molar-refractivity contribution in [2.45, 2.75) is 18.9 Å². The van der Waals surface area contributed by atoms with E-state index in [1.807, 2.05) is 54.6 Å². The van der Waals surface area contributed by atoms with Gasteiger partial charge in [-0.1, -0.05) is 0 Å². The Morgan fingerprint density at radius 1 is 0.871 bits per heavy atom. The second kappa shape index (κ2) is 9.81. The Kier molecular flexibility index (Phi) is 6.68. The van der Waals surface area contributed by atoms with Crippen LogP contribution in [0.2, 0.25) is 0 Å². The van der Waals surface area contributed by atoms with Crippen molar-refractivity contribution in [1.82, 2.24) is 1.74 Å². The van der Waals surface area contributed by atoms with Crippen LogP contribution in [-0.2, 0) is 14.2 Å². The number of rotatable bonds is 8. The average Bonchev–Trinajstić information content (AvgIpc) is 3.63. The Bertz CT molecular complexity index is 1230. The molecule has 0 aliphatic carbocycles. The molecule has 0 saturated carbocycles. The van der Waals surface area contributed by atoms with Gasteiger partial charge < -0.3 is 0 Å². The predicted octanol–water partition coefficient (Wildman–Crippen LogP) is 3.03. The first-order valence-corrected chi connectivity index (χ1v) is 19.5. The van der Waals surface area contributed by atoms with Crippen LogP contribution in [0, 0.1) is 0 Å². The SMILES string of the molecule is O=C(OC(CCOI1N[I-]1)Cc1ccc2ccccc2c1)c1ccc2ccccc2c1. The second-order valence-electron chi connectivity index (χ2n) is 7.43. The van der Waals surface area contributed by atoms with Gasteiger partial charge in [0.2, 0.25) is 0 Å². The van der Waals surface area contributed by atoms with Crippen LogP contribution in [-0.4, -0.2) is 18.7 Å². The molecular weight excluding hydrogens is 616 g/mol. The first-order valence-electron chi connectivity index (χ1n) is 10.2. The first kappa shape index (κ1) is 21.1. The fourth-order valence-corrected chi connectivity index (χ4v) is 10.6. The zero-order chi connectivity index (χ0) is 21.0. The molecule has 6 heteroatoms. The molecule has 1 unspecified atom stereocenters. The third-order valence-corrected chi connectivity index (χ3v) is 13.6. The zero-order valence-electron chi connectivity index (χ0n) is 16.8. The first-order chi connectivity index (χ1) is 15.2. The summed E-state index contributed by atoms with van der Waals surface area (Å²) in [5.74, 6) is -0.271. The molecular formula is C25H22I2NO3-. The number of carbonyl (C=O) groups is 1. The molecule has 1 fully saturated rings. The summed E-state index contributed by atoms with van der Waals surface area (Å²) < 4.78 is 15.3. The maximum absolute atomic E-state index is 13.0. The third-order valence-electron chi connectivity index (χ3n) is 5.28. The molecule has 1 heterocycles. The molecule has 0 radical (unpaired) electrons. The molecule has 1 atom stereocenters. The zero-order valence-corrected chi connectivity index (χ0v) is 21.1. The number of carbonyl (C=O) groups excluding carboxylic acids is 1. The normalized spacial score (nSPS) is 15.4. The summed E-state index contributed by atoms with van der Waals surface area (Å²) in [5, 5.41) is 4.58. The van der Waals surface area contributed by atoms with E-state index in [1.54, 1.807) is 0 Å². The van der Waals surface area contributed by atoms with Crippen molar-refractivity contribution in [3.8, 4) is 0 Å². The predicted molar refractivity (Wildman–Crippen MR) is 129 cm³/mol. The molecule has 1 aliphatic rings. The number of esters is 1. The van der Waals surface area contributed by atoms with Gasteiger partial charge in [-0.3, -0.25) is 0 Å². The van der Waals surface area contributed by atoms with Crippen LogP contribution in [0.4, 0.5) is 0 Å². The van der Waals surface area contributed by atoms with Crippen LogP contribution in [0.1, 0.15) is 22.3 Å². The Morgan fingerprint density at radius 2 is 1.52 bits per heavy atom. The van der Waals surface area contributed by atoms with Gasteiger partial charge in [0.1, 0.15) is 0 Å². The van der Waals surface area contributed by atoms with Crippen LogP contribution >= 0.6 is 16.5 Å². The van der Waals surface area contributed by atoms with E-state index in [9.17, 15) is 4.79 Å². The van der Waals surface area contributed by atoms with Crippen LogP contribution in [0.15, 0.2) is 84.9 Å². The summed E-state index contributed by atoms with van der Waals surface area (Å²) in [5.41, 5.74) is 1.76. The maximum atomic E-state index is 13.0. The summed E-state index contributed by atoms with van der Waals surface area (Å²) >= 11 is -0.985. The minimum absolute atomic E-state index is 0.178. The van der Waals surface area contributed by atoms with Crippen LogP contribution in [0.5, 0.6) is 0 Å². The summed E-state index contributed by atoms with van der Waals surface area (Å²) in [7, 11) is 0. The van der Waals surface area contributed by atoms with Gasteiger partial charge in [0.15, 0.2) is 0 Å². The summed E-state index contributed by atoms with van der Waals surface area (Å²) in [6.07, 6.45) is 1.18. The van der Waals surface area contributed by atoms with Crippen molar-refractivity contribution in [1.29, 1.82) is 0 Å². The van der Waals surface area contributed by atoms with Gasteiger partial charge in [-0.05, 0) is 0 Å². The van der Waals surface area contributed by atoms with E-state index in [4.69, 9.17) is 7.80 Å². The van der Waals surface area contributed by atoms with Gasteiger partial charge in [-0.2, -0.15) is 0 Å². The molecule has 0 aromatic heterocycles. The van der Waals surface area contributed by atoms with E-state index < -0.39 is 16.5 Å². The molecule has 1 aliphatic heterocycles. The average molecular weight is 638 g/mol. The number of hydrogen-bond acceptors (Lipinski definition) is 4.